The summed E-state index contributed by atoms with van der Waals surface area (Å²) >= 11 is 0. The predicted octanol–water partition coefficient (Wildman–Crippen LogP) is 1.14. The van der Waals surface area contributed by atoms with Gasteiger partial charge in [-0.1, -0.05) is 0 Å². The Morgan fingerprint density at radius 3 is 3.07 bits per heavy atom. The number of hydrogen-bond acceptors (Lipinski definition) is 3. The van der Waals surface area contributed by atoms with Crippen LogP contribution < -0.4 is 5.32 Å². The van der Waals surface area contributed by atoms with E-state index in [1.54, 1.807) is 0 Å². The molecular weight excluding hydrogens is 178 g/mol. The molecule has 0 aromatic heterocycles. The lowest BCUT2D eigenvalue weighted by Crippen LogP contribution is -2.34. The van der Waals surface area contributed by atoms with Crippen LogP contribution in [0.1, 0.15) is 25.7 Å². The zero-order chi connectivity index (χ0) is 10.1. The molecule has 1 aliphatic rings. The van der Waals surface area contributed by atoms with E-state index in [0.29, 0.717) is 12.9 Å². The fraction of sp³-hybridized carbons (Fsp3) is 0.818. The molecule has 0 radical (unpaired) electrons. The molecular formula is C11H19NO2. The van der Waals surface area contributed by atoms with Crippen molar-refractivity contribution < 1.29 is 9.47 Å². The maximum absolute atomic E-state index is 5.39. The molecule has 1 unspecified atom stereocenters. The van der Waals surface area contributed by atoms with Crippen LogP contribution in [0.4, 0.5) is 0 Å². The molecule has 0 bridgehead atoms. The van der Waals surface area contributed by atoms with Gasteiger partial charge in [0, 0.05) is 13.0 Å². The first kappa shape index (κ1) is 11.5. The maximum Gasteiger partial charge on any atom is 0.147 e. The highest BCUT2D eigenvalue weighted by molar-refractivity contribution is 4.82. The Bertz CT molecular complexity index is 171. The standard InChI is InChI=1S/C11H19NO2/c1-2-3-4-5-7-12-9-11-6-8-13-10-14-11/h1,11-12H,3-10H2. The molecule has 1 rings (SSSR count). The van der Waals surface area contributed by atoms with Gasteiger partial charge in [-0.25, -0.2) is 0 Å². The van der Waals surface area contributed by atoms with E-state index in [4.69, 9.17) is 15.9 Å². The normalized spacial score (nSPS) is 21.8. The Labute approximate surface area is 86.2 Å². The molecule has 80 valence electrons. The van der Waals surface area contributed by atoms with Gasteiger partial charge in [-0.3, -0.25) is 0 Å². The molecule has 1 saturated heterocycles. The molecule has 0 spiro atoms. The third-order valence-electron chi connectivity index (χ3n) is 2.27. The van der Waals surface area contributed by atoms with Crippen LogP contribution in [0.15, 0.2) is 0 Å². The molecule has 1 fully saturated rings. The number of unbranched alkanes of at least 4 members (excludes halogenated alkanes) is 2. The quantitative estimate of drug-likeness (QED) is 0.511. The Morgan fingerprint density at radius 2 is 2.36 bits per heavy atom. The molecule has 3 nitrogen and oxygen atoms in total. The largest absolute Gasteiger partial charge is 0.355 e. The summed E-state index contributed by atoms with van der Waals surface area (Å²) < 4.78 is 10.5. The minimum atomic E-state index is 0.330. The molecule has 0 amide bonds. The summed E-state index contributed by atoms with van der Waals surface area (Å²) in [5, 5.41) is 3.36. The highest BCUT2D eigenvalue weighted by Crippen LogP contribution is 2.04. The van der Waals surface area contributed by atoms with Gasteiger partial charge in [0.2, 0.25) is 0 Å². The van der Waals surface area contributed by atoms with Crippen molar-refractivity contribution in [2.24, 2.45) is 0 Å². The average Bonchev–Trinajstić information content (AvgIpc) is 2.25. The lowest BCUT2D eigenvalue weighted by Gasteiger charge is -2.22. The van der Waals surface area contributed by atoms with Crippen molar-refractivity contribution in [2.75, 3.05) is 26.5 Å². The third-order valence-corrected chi connectivity index (χ3v) is 2.27. The zero-order valence-electron chi connectivity index (χ0n) is 8.63. The van der Waals surface area contributed by atoms with Crippen molar-refractivity contribution in [3.8, 4) is 12.3 Å². The average molecular weight is 197 g/mol. The van der Waals surface area contributed by atoms with E-state index in [0.717, 1.165) is 45.4 Å². The molecule has 3 heteroatoms. The van der Waals surface area contributed by atoms with Gasteiger partial charge in [-0.15, -0.1) is 12.3 Å². The van der Waals surface area contributed by atoms with Crippen molar-refractivity contribution in [3.63, 3.8) is 0 Å². The van der Waals surface area contributed by atoms with Crippen molar-refractivity contribution in [3.05, 3.63) is 0 Å². The number of terminal acetylenes is 1. The summed E-state index contributed by atoms with van der Waals surface area (Å²) in [6.07, 6.45) is 9.62. The summed E-state index contributed by atoms with van der Waals surface area (Å²) in [6, 6.07) is 0. The van der Waals surface area contributed by atoms with Gasteiger partial charge in [0.25, 0.3) is 0 Å². The SMILES string of the molecule is C#CCCCCNCC1CCOCO1. The summed E-state index contributed by atoms with van der Waals surface area (Å²) in [4.78, 5) is 0. The fourth-order valence-electron chi connectivity index (χ4n) is 1.40. The second kappa shape index (κ2) is 7.81. The molecule has 14 heavy (non-hydrogen) atoms. The molecule has 1 aliphatic heterocycles. The van der Waals surface area contributed by atoms with Crippen LogP contribution >= 0.6 is 0 Å². The smallest absolute Gasteiger partial charge is 0.147 e. The van der Waals surface area contributed by atoms with E-state index in [9.17, 15) is 0 Å². The fourth-order valence-corrected chi connectivity index (χ4v) is 1.40. The maximum atomic E-state index is 5.39. The van der Waals surface area contributed by atoms with Crippen LogP contribution in [0.25, 0.3) is 0 Å². The molecule has 0 saturated carbocycles. The van der Waals surface area contributed by atoms with Crippen molar-refractivity contribution in [2.45, 2.75) is 31.8 Å². The first-order valence-electron chi connectivity index (χ1n) is 5.27. The first-order valence-corrected chi connectivity index (χ1v) is 5.27. The third kappa shape index (κ3) is 5.23. The van der Waals surface area contributed by atoms with Crippen LogP contribution in [0, 0.1) is 12.3 Å². The van der Waals surface area contributed by atoms with Crippen molar-refractivity contribution >= 4 is 0 Å². The molecule has 0 aromatic rings. The van der Waals surface area contributed by atoms with Crippen LogP contribution in [-0.2, 0) is 9.47 Å². The van der Waals surface area contributed by atoms with Gasteiger partial charge >= 0.3 is 0 Å². The van der Waals surface area contributed by atoms with Gasteiger partial charge in [-0.2, -0.15) is 0 Å². The number of hydrogen-bond donors (Lipinski definition) is 1. The zero-order valence-corrected chi connectivity index (χ0v) is 8.63. The van der Waals surface area contributed by atoms with E-state index in [2.05, 4.69) is 11.2 Å². The lowest BCUT2D eigenvalue weighted by atomic mass is 10.2. The van der Waals surface area contributed by atoms with Crippen molar-refractivity contribution in [1.29, 1.82) is 0 Å². The van der Waals surface area contributed by atoms with Gasteiger partial charge < -0.3 is 14.8 Å². The van der Waals surface area contributed by atoms with Crippen LogP contribution in [0.5, 0.6) is 0 Å². The van der Waals surface area contributed by atoms with E-state index < -0.39 is 0 Å². The van der Waals surface area contributed by atoms with E-state index in [1.165, 1.54) is 0 Å². The second-order valence-electron chi connectivity index (χ2n) is 3.47. The Kier molecular flexibility index (Phi) is 6.42. The highest BCUT2D eigenvalue weighted by Gasteiger charge is 2.12. The number of ether oxygens (including phenoxy) is 2. The Balaban J connectivity index is 1.85. The monoisotopic (exact) mass is 197 g/mol. The van der Waals surface area contributed by atoms with E-state index in [1.807, 2.05) is 0 Å². The minimum absolute atomic E-state index is 0.330. The Hall–Kier alpha value is -0.560. The Morgan fingerprint density at radius 1 is 1.43 bits per heavy atom. The van der Waals surface area contributed by atoms with Gasteiger partial charge in [0.1, 0.15) is 6.79 Å². The molecule has 1 N–H and O–H groups in total. The molecule has 1 atom stereocenters. The van der Waals surface area contributed by atoms with Crippen molar-refractivity contribution in [1.82, 2.24) is 5.32 Å². The molecule has 0 aliphatic carbocycles. The van der Waals surface area contributed by atoms with Gasteiger partial charge in [0.05, 0.1) is 12.7 Å². The number of rotatable bonds is 6. The van der Waals surface area contributed by atoms with E-state index >= 15 is 0 Å². The van der Waals surface area contributed by atoms with Gasteiger partial charge in [-0.05, 0) is 25.8 Å². The van der Waals surface area contributed by atoms with E-state index in [-0.39, 0.29) is 0 Å². The van der Waals surface area contributed by atoms with Gasteiger partial charge in [0.15, 0.2) is 0 Å². The summed E-state index contributed by atoms with van der Waals surface area (Å²) in [7, 11) is 0. The molecule has 1 heterocycles. The summed E-state index contributed by atoms with van der Waals surface area (Å²) in [6.45, 7) is 3.23. The topological polar surface area (TPSA) is 30.5 Å². The lowest BCUT2D eigenvalue weighted by molar-refractivity contribution is -0.137. The summed E-state index contributed by atoms with van der Waals surface area (Å²) in [5.41, 5.74) is 0. The van der Waals surface area contributed by atoms with Crippen LogP contribution in [-0.4, -0.2) is 32.6 Å². The molecule has 0 aromatic carbocycles. The summed E-state index contributed by atoms with van der Waals surface area (Å²) in [5.74, 6) is 2.64. The highest BCUT2D eigenvalue weighted by atomic mass is 16.7. The number of nitrogens with one attached hydrogen (secondary N) is 1. The van der Waals surface area contributed by atoms with Crippen LogP contribution in [0.2, 0.25) is 0 Å². The minimum Gasteiger partial charge on any atom is -0.355 e. The predicted molar refractivity (Wildman–Crippen MR) is 55.9 cm³/mol. The van der Waals surface area contributed by atoms with Crippen LogP contribution in [0.3, 0.4) is 0 Å². The second-order valence-corrected chi connectivity index (χ2v) is 3.47. The first-order chi connectivity index (χ1) is 6.93.